The normalized spacial score (nSPS) is 9.44. The highest BCUT2D eigenvalue weighted by molar-refractivity contribution is 7.99. The van der Waals surface area contributed by atoms with Crippen molar-refractivity contribution in [1.29, 1.82) is 0 Å². The van der Waals surface area contributed by atoms with E-state index in [9.17, 15) is 0 Å². The van der Waals surface area contributed by atoms with E-state index in [1.807, 2.05) is 42.5 Å². The molecule has 0 aliphatic carbocycles. The van der Waals surface area contributed by atoms with Crippen molar-refractivity contribution >= 4 is 35.0 Å². The van der Waals surface area contributed by atoms with Crippen molar-refractivity contribution in [1.82, 2.24) is 0 Å². The second-order valence-electron chi connectivity index (χ2n) is 3.30. The zero-order valence-electron chi connectivity index (χ0n) is 9.90. The van der Waals surface area contributed by atoms with Gasteiger partial charge in [-0.1, -0.05) is 41.6 Å². The summed E-state index contributed by atoms with van der Waals surface area (Å²) >= 11 is 13.4. The molecular formula is C15H14Cl2S. The maximum atomic E-state index is 5.89. The van der Waals surface area contributed by atoms with Gasteiger partial charge in [0.2, 0.25) is 0 Å². The van der Waals surface area contributed by atoms with E-state index < -0.39 is 0 Å². The summed E-state index contributed by atoms with van der Waals surface area (Å²) in [5, 5.41) is 0.759. The lowest BCUT2D eigenvalue weighted by Crippen LogP contribution is -1.82. The quantitative estimate of drug-likeness (QED) is 0.492. The Bertz CT molecular complexity index is 480. The number of alkyl halides is 1. The minimum absolute atomic E-state index is 0.538. The predicted molar refractivity (Wildman–Crippen MR) is 82.8 cm³/mol. The first-order valence-corrected chi connectivity index (χ1v) is 7.10. The molecule has 0 atom stereocenters. The van der Waals surface area contributed by atoms with Gasteiger partial charge in [0.15, 0.2) is 0 Å². The third-order valence-corrected chi connectivity index (χ3v) is 3.82. The summed E-state index contributed by atoms with van der Waals surface area (Å²) in [6.07, 6.45) is 0. The maximum absolute atomic E-state index is 5.89. The molecule has 0 unspecified atom stereocenters. The van der Waals surface area contributed by atoms with Crippen molar-refractivity contribution in [3.05, 3.63) is 72.3 Å². The van der Waals surface area contributed by atoms with Crippen molar-refractivity contribution < 1.29 is 0 Å². The van der Waals surface area contributed by atoms with Crippen LogP contribution in [0.5, 0.6) is 0 Å². The summed E-state index contributed by atoms with van der Waals surface area (Å²) < 4.78 is 0. The predicted octanol–water partition coefficient (Wildman–Crippen LogP) is 6.03. The van der Waals surface area contributed by atoms with E-state index >= 15 is 0 Å². The van der Waals surface area contributed by atoms with Crippen molar-refractivity contribution in [2.45, 2.75) is 15.7 Å². The fraction of sp³-hybridized carbons (Fsp3) is 0.0667. The summed E-state index contributed by atoms with van der Waals surface area (Å²) in [6, 6.07) is 16.0. The van der Waals surface area contributed by atoms with Crippen LogP contribution in [0.3, 0.4) is 0 Å². The molecule has 0 nitrogen and oxygen atoms in total. The maximum Gasteiger partial charge on any atom is 0.0485 e. The number of hydrogen-bond acceptors (Lipinski definition) is 1. The second kappa shape index (κ2) is 8.25. The van der Waals surface area contributed by atoms with E-state index in [0.717, 1.165) is 10.6 Å². The van der Waals surface area contributed by atoms with Crippen molar-refractivity contribution in [3.63, 3.8) is 0 Å². The highest BCUT2D eigenvalue weighted by Crippen LogP contribution is 2.31. The lowest BCUT2D eigenvalue weighted by atomic mass is 10.2. The lowest BCUT2D eigenvalue weighted by molar-refractivity contribution is 1.25. The molecule has 0 saturated heterocycles. The molecule has 0 N–H and O–H groups in total. The van der Waals surface area contributed by atoms with E-state index in [-0.39, 0.29) is 0 Å². The smallest absolute Gasteiger partial charge is 0.0485 e. The summed E-state index contributed by atoms with van der Waals surface area (Å²) in [5.74, 6) is 0.538. The molecule has 2 aromatic carbocycles. The van der Waals surface area contributed by atoms with Crippen LogP contribution in [0.25, 0.3) is 0 Å². The van der Waals surface area contributed by atoms with Crippen LogP contribution in [0.1, 0.15) is 5.56 Å². The van der Waals surface area contributed by atoms with E-state index in [4.69, 9.17) is 23.2 Å². The molecule has 0 aliphatic rings. The van der Waals surface area contributed by atoms with Crippen LogP contribution < -0.4 is 0 Å². The minimum atomic E-state index is 0.538. The molecular weight excluding hydrogens is 283 g/mol. The van der Waals surface area contributed by atoms with E-state index in [2.05, 4.69) is 19.2 Å². The van der Waals surface area contributed by atoms with Crippen LogP contribution >= 0.6 is 35.0 Å². The molecule has 0 saturated carbocycles. The molecule has 0 bridgehead atoms. The topological polar surface area (TPSA) is 0 Å². The van der Waals surface area contributed by atoms with Gasteiger partial charge in [-0.2, -0.15) is 0 Å². The van der Waals surface area contributed by atoms with Gasteiger partial charge in [0, 0.05) is 20.7 Å². The van der Waals surface area contributed by atoms with Gasteiger partial charge >= 0.3 is 0 Å². The molecule has 3 heteroatoms. The first-order chi connectivity index (χ1) is 8.79. The molecule has 0 fully saturated rings. The standard InChI is InChI=1S/C13H10Cl2S.C2H4/c14-9-10-3-1-2-4-13(10)16-12-7-5-11(15)6-8-12;1-2/h1-8H,9H2;1-2H2. The zero-order chi connectivity index (χ0) is 13.4. The fourth-order valence-corrected chi connectivity index (χ4v) is 2.73. The summed E-state index contributed by atoms with van der Waals surface area (Å²) in [6.45, 7) is 6.00. The van der Waals surface area contributed by atoms with Gasteiger partial charge in [-0.3, -0.25) is 0 Å². The third kappa shape index (κ3) is 4.41. The van der Waals surface area contributed by atoms with Gasteiger partial charge in [0.05, 0.1) is 0 Å². The Morgan fingerprint density at radius 2 is 1.56 bits per heavy atom. The molecule has 0 aliphatic heterocycles. The van der Waals surface area contributed by atoms with Gasteiger partial charge in [-0.15, -0.1) is 24.8 Å². The van der Waals surface area contributed by atoms with Crippen LogP contribution in [-0.2, 0) is 5.88 Å². The second-order valence-corrected chi connectivity index (χ2v) is 5.12. The van der Waals surface area contributed by atoms with Crippen LogP contribution in [-0.4, -0.2) is 0 Å². The third-order valence-electron chi connectivity index (χ3n) is 2.16. The molecule has 0 heterocycles. The fourth-order valence-electron chi connectivity index (χ4n) is 1.34. The number of halogens is 2. The number of benzene rings is 2. The highest BCUT2D eigenvalue weighted by atomic mass is 35.5. The van der Waals surface area contributed by atoms with Gasteiger partial charge < -0.3 is 0 Å². The van der Waals surface area contributed by atoms with Crippen molar-refractivity contribution in [2.75, 3.05) is 0 Å². The average Bonchev–Trinajstić information content (AvgIpc) is 2.44. The first kappa shape index (κ1) is 15.2. The highest BCUT2D eigenvalue weighted by Gasteiger charge is 2.02. The average molecular weight is 297 g/mol. The molecule has 94 valence electrons. The lowest BCUT2D eigenvalue weighted by Gasteiger charge is -2.06. The molecule has 2 rings (SSSR count). The van der Waals surface area contributed by atoms with Crippen LogP contribution in [0.4, 0.5) is 0 Å². The van der Waals surface area contributed by atoms with Crippen LogP contribution in [0, 0.1) is 0 Å². The summed E-state index contributed by atoms with van der Waals surface area (Å²) in [5.41, 5.74) is 1.16. The van der Waals surface area contributed by atoms with Crippen LogP contribution in [0.15, 0.2) is 71.5 Å². The molecule has 18 heavy (non-hydrogen) atoms. The Morgan fingerprint density at radius 3 is 2.17 bits per heavy atom. The first-order valence-electron chi connectivity index (χ1n) is 5.37. The van der Waals surface area contributed by atoms with Crippen molar-refractivity contribution in [3.8, 4) is 0 Å². The van der Waals surface area contributed by atoms with Gasteiger partial charge in [0.25, 0.3) is 0 Å². The van der Waals surface area contributed by atoms with Gasteiger partial charge in [-0.25, -0.2) is 0 Å². The number of rotatable bonds is 3. The van der Waals surface area contributed by atoms with Gasteiger partial charge in [-0.05, 0) is 35.9 Å². The van der Waals surface area contributed by atoms with Crippen LogP contribution in [0.2, 0.25) is 5.02 Å². The summed E-state index contributed by atoms with van der Waals surface area (Å²) in [4.78, 5) is 2.36. The van der Waals surface area contributed by atoms with E-state index in [1.165, 1.54) is 9.79 Å². The molecule has 0 radical (unpaired) electrons. The Hall–Kier alpha value is -0.890. The van der Waals surface area contributed by atoms with E-state index in [1.54, 1.807) is 11.8 Å². The molecule has 0 spiro atoms. The molecule has 0 amide bonds. The Balaban J connectivity index is 0.000000771. The minimum Gasteiger partial charge on any atom is -0.122 e. The van der Waals surface area contributed by atoms with Crippen molar-refractivity contribution in [2.24, 2.45) is 0 Å². The van der Waals surface area contributed by atoms with Gasteiger partial charge in [0.1, 0.15) is 0 Å². The summed E-state index contributed by atoms with van der Waals surface area (Å²) in [7, 11) is 0. The van der Waals surface area contributed by atoms with E-state index in [0.29, 0.717) is 5.88 Å². The SMILES string of the molecule is C=C.ClCc1ccccc1Sc1ccc(Cl)cc1. The Labute approximate surface area is 123 Å². The molecule has 0 aromatic heterocycles. The molecule has 2 aromatic rings. The number of hydrogen-bond donors (Lipinski definition) is 0. The largest absolute Gasteiger partial charge is 0.122 e. The Kier molecular flexibility index (Phi) is 6.96. The zero-order valence-corrected chi connectivity index (χ0v) is 12.2. The monoisotopic (exact) mass is 296 g/mol. The Morgan fingerprint density at radius 1 is 0.944 bits per heavy atom.